The zero-order valence-corrected chi connectivity index (χ0v) is 8.44. The number of pyridine rings is 1. The first-order chi connectivity index (χ1) is 6.59. The van der Waals surface area contributed by atoms with E-state index in [-0.39, 0.29) is 11.9 Å². The largest absolute Gasteiger partial charge is 0.393 e. The minimum Gasteiger partial charge on any atom is -0.393 e. The van der Waals surface area contributed by atoms with E-state index >= 15 is 0 Å². The third kappa shape index (κ3) is 3.30. The minimum atomic E-state index is -0.335. The van der Waals surface area contributed by atoms with Gasteiger partial charge in [0.1, 0.15) is 11.6 Å². The Bertz CT molecular complexity index is 274. The average molecular weight is 198 g/mol. The van der Waals surface area contributed by atoms with E-state index in [0.29, 0.717) is 18.8 Å². The minimum absolute atomic E-state index is 0.321. The summed E-state index contributed by atoms with van der Waals surface area (Å²) in [5.41, 5.74) is 0. The van der Waals surface area contributed by atoms with E-state index in [1.807, 2.05) is 11.9 Å². The van der Waals surface area contributed by atoms with Crippen LogP contribution in [-0.2, 0) is 0 Å². The Morgan fingerprint density at radius 2 is 2.29 bits per heavy atom. The maximum absolute atomic E-state index is 12.5. The highest BCUT2D eigenvalue weighted by atomic mass is 19.1. The molecule has 0 aromatic carbocycles. The van der Waals surface area contributed by atoms with Crippen LogP contribution in [0.25, 0.3) is 0 Å². The van der Waals surface area contributed by atoms with Crippen molar-refractivity contribution < 1.29 is 9.50 Å². The van der Waals surface area contributed by atoms with Crippen molar-refractivity contribution >= 4 is 5.82 Å². The van der Waals surface area contributed by atoms with Gasteiger partial charge in [-0.05, 0) is 25.5 Å². The molecule has 0 radical (unpaired) electrons. The van der Waals surface area contributed by atoms with Gasteiger partial charge in [0.2, 0.25) is 0 Å². The molecular formula is C10H15FN2O. The van der Waals surface area contributed by atoms with Gasteiger partial charge in [-0.2, -0.15) is 0 Å². The third-order valence-corrected chi connectivity index (χ3v) is 1.99. The summed E-state index contributed by atoms with van der Waals surface area (Å²) in [5.74, 6) is 0.379. The molecule has 1 aromatic rings. The molecule has 1 unspecified atom stereocenters. The van der Waals surface area contributed by atoms with Crippen LogP contribution in [0.1, 0.15) is 13.3 Å². The van der Waals surface area contributed by atoms with E-state index in [9.17, 15) is 4.39 Å². The second-order valence-electron chi connectivity index (χ2n) is 3.39. The van der Waals surface area contributed by atoms with Crippen molar-refractivity contribution in [3.05, 3.63) is 24.1 Å². The molecule has 0 amide bonds. The average Bonchev–Trinajstić information content (AvgIpc) is 2.15. The van der Waals surface area contributed by atoms with Crippen molar-refractivity contribution in [1.29, 1.82) is 0 Å². The van der Waals surface area contributed by atoms with Crippen LogP contribution in [0.4, 0.5) is 10.2 Å². The highest BCUT2D eigenvalue weighted by Gasteiger charge is 2.03. The Morgan fingerprint density at radius 1 is 1.57 bits per heavy atom. The molecule has 0 aliphatic carbocycles. The normalized spacial score (nSPS) is 12.6. The van der Waals surface area contributed by atoms with Gasteiger partial charge in [0, 0.05) is 13.6 Å². The summed E-state index contributed by atoms with van der Waals surface area (Å²) < 4.78 is 12.5. The van der Waals surface area contributed by atoms with Gasteiger partial charge in [0.15, 0.2) is 0 Å². The van der Waals surface area contributed by atoms with Crippen molar-refractivity contribution in [1.82, 2.24) is 4.98 Å². The second kappa shape index (κ2) is 4.91. The van der Waals surface area contributed by atoms with Gasteiger partial charge in [-0.1, -0.05) is 0 Å². The molecule has 0 saturated carbocycles. The van der Waals surface area contributed by atoms with E-state index in [2.05, 4.69) is 4.98 Å². The van der Waals surface area contributed by atoms with Crippen LogP contribution in [0.15, 0.2) is 18.3 Å². The van der Waals surface area contributed by atoms with E-state index in [1.54, 1.807) is 13.0 Å². The summed E-state index contributed by atoms with van der Waals surface area (Å²) in [6.07, 6.45) is 1.54. The SMILES string of the molecule is CC(O)CCN(C)c1ccc(F)cn1. The number of rotatable bonds is 4. The Labute approximate surface area is 83.2 Å². The predicted octanol–water partition coefficient (Wildman–Crippen LogP) is 1.43. The number of nitrogens with zero attached hydrogens (tertiary/aromatic N) is 2. The van der Waals surface area contributed by atoms with Crippen LogP contribution in [-0.4, -0.2) is 29.8 Å². The summed E-state index contributed by atoms with van der Waals surface area (Å²) in [6, 6.07) is 3.00. The third-order valence-electron chi connectivity index (χ3n) is 1.99. The smallest absolute Gasteiger partial charge is 0.141 e. The quantitative estimate of drug-likeness (QED) is 0.795. The summed E-state index contributed by atoms with van der Waals surface area (Å²) in [5, 5.41) is 9.09. The number of hydrogen-bond acceptors (Lipinski definition) is 3. The lowest BCUT2D eigenvalue weighted by Crippen LogP contribution is -2.22. The first-order valence-corrected chi connectivity index (χ1v) is 4.60. The van der Waals surface area contributed by atoms with Crippen molar-refractivity contribution in [3.8, 4) is 0 Å². The van der Waals surface area contributed by atoms with Crippen molar-refractivity contribution in [2.75, 3.05) is 18.5 Å². The molecular weight excluding hydrogens is 183 g/mol. The number of halogens is 1. The first kappa shape index (κ1) is 10.9. The van der Waals surface area contributed by atoms with Crippen LogP contribution >= 0.6 is 0 Å². The fourth-order valence-corrected chi connectivity index (χ4v) is 1.09. The van der Waals surface area contributed by atoms with Crippen LogP contribution in [0.5, 0.6) is 0 Å². The molecule has 1 heterocycles. The Kier molecular flexibility index (Phi) is 3.83. The van der Waals surface area contributed by atoms with Crippen LogP contribution < -0.4 is 4.90 Å². The molecule has 14 heavy (non-hydrogen) atoms. The maximum Gasteiger partial charge on any atom is 0.141 e. The van der Waals surface area contributed by atoms with E-state index < -0.39 is 0 Å². The van der Waals surface area contributed by atoms with Crippen LogP contribution in [0.2, 0.25) is 0 Å². The first-order valence-electron chi connectivity index (χ1n) is 4.60. The van der Waals surface area contributed by atoms with Gasteiger partial charge in [-0.15, -0.1) is 0 Å². The monoisotopic (exact) mass is 198 g/mol. The molecule has 0 spiro atoms. The molecule has 0 saturated heterocycles. The fourth-order valence-electron chi connectivity index (χ4n) is 1.09. The number of aliphatic hydroxyl groups is 1. The standard InChI is InChI=1S/C10H15FN2O/c1-8(14)5-6-13(2)10-4-3-9(11)7-12-10/h3-4,7-8,14H,5-6H2,1-2H3. The Balaban J connectivity index is 2.52. The Morgan fingerprint density at radius 3 is 2.79 bits per heavy atom. The van der Waals surface area contributed by atoms with Gasteiger partial charge < -0.3 is 10.0 Å². The molecule has 4 heteroatoms. The van der Waals surface area contributed by atoms with Gasteiger partial charge in [0.05, 0.1) is 12.3 Å². The molecule has 0 fully saturated rings. The number of anilines is 1. The predicted molar refractivity (Wildman–Crippen MR) is 53.8 cm³/mol. The highest BCUT2D eigenvalue weighted by molar-refractivity contribution is 5.36. The lowest BCUT2D eigenvalue weighted by molar-refractivity contribution is 0.187. The molecule has 0 aliphatic heterocycles. The number of aromatic nitrogens is 1. The second-order valence-corrected chi connectivity index (χ2v) is 3.39. The Hall–Kier alpha value is -1.16. The zero-order chi connectivity index (χ0) is 10.6. The molecule has 3 nitrogen and oxygen atoms in total. The zero-order valence-electron chi connectivity index (χ0n) is 8.44. The molecule has 1 aromatic heterocycles. The van der Waals surface area contributed by atoms with Gasteiger partial charge in [-0.3, -0.25) is 0 Å². The molecule has 1 N–H and O–H groups in total. The highest BCUT2D eigenvalue weighted by Crippen LogP contribution is 2.09. The summed E-state index contributed by atoms with van der Waals surface area (Å²) in [7, 11) is 1.86. The molecule has 78 valence electrons. The molecule has 1 rings (SSSR count). The van der Waals surface area contributed by atoms with E-state index in [1.165, 1.54) is 12.3 Å². The van der Waals surface area contributed by atoms with Crippen molar-refractivity contribution in [3.63, 3.8) is 0 Å². The summed E-state index contributed by atoms with van der Waals surface area (Å²) in [6.45, 7) is 2.45. The summed E-state index contributed by atoms with van der Waals surface area (Å²) in [4.78, 5) is 5.81. The van der Waals surface area contributed by atoms with Gasteiger partial charge in [-0.25, -0.2) is 9.37 Å². The van der Waals surface area contributed by atoms with E-state index in [4.69, 9.17) is 5.11 Å². The van der Waals surface area contributed by atoms with Crippen molar-refractivity contribution in [2.24, 2.45) is 0 Å². The van der Waals surface area contributed by atoms with Crippen LogP contribution in [0, 0.1) is 5.82 Å². The number of hydrogen-bond donors (Lipinski definition) is 1. The lowest BCUT2D eigenvalue weighted by atomic mass is 10.3. The molecule has 1 atom stereocenters. The summed E-state index contributed by atoms with van der Waals surface area (Å²) >= 11 is 0. The van der Waals surface area contributed by atoms with Crippen molar-refractivity contribution in [2.45, 2.75) is 19.4 Å². The molecule has 0 bridgehead atoms. The van der Waals surface area contributed by atoms with Crippen LogP contribution in [0.3, 0.4) is 0 Å². The van der Waals surface area contributed by atoms with Gasteiger partial charge >= 0.3 is 0 Å². The topological polar surface area (TPSA) is 36.4 Å². The number of aliphatic hydroxyl groups excluding tert-OH is 1. The molecule has 0 aliphatic rings. The lowest BCUT2D eigenvalue weighted by Gasteiger charge is -2.18. The maximum atomic E-state index is 12.5. The van der Waals surface area contributed by atoms with E-state index in [0.717, 1.165) is 0 Å². The fraction of sp³-hybridized carbons (Fsp3) is 0.500. The van der Waals surface area contributed by atoms with Gasteiger partial charge in [0.25, 0.3) is 0 Å².